The third-order valence-electron chi connectivity index (χ3n) is 3.71. The topological polar surface area (TPSA) is 90.9 Å². The first-order valence-corrected chi connectivity index (χ1v) is 8.25. The predicted octanol–water partition coefficient (Wildman–Crippen LogP) is 2.30. The SMILES string of the molecule is CCN(CC(=O)Nc1ccc(O)cc1)CC(=O)Nc1ccc(OC)cc1. The highest BCUT2D eigenvalue weighted by Gasteiger charge is 2.13. The van der Waals surface area contributed by atoms with Crippen LogP contribution in [0.4, 0.5) is 11.4 Å². The normalized spacial score (nSPS) is 10.4. The highest BCUT2D eigenvalue weighted by Crippen LogP contribution is 2.15. The lowest BCUT2D eigenvalue weighted by molar-refractivity contribution is -0.119. The first-order chi connectivity index (χ1) is 12.5. The molecule has 3 N–H and O–H groups in total. The van der Waals surface area contributed by atoms with Crippen LogP contribution in [0, 0.1) is 0 Å². The summed E-state index contributed by atoms with van der Waals surface area (Å²) in [4.78, 5) is 26.0. The van der Waals surface area contributed by atoms with Crippen LogP contribution in [0.25, 0.3) is 0 Å². The van der Waals surface area contributed by atoms with Crippen molar-refractivity contribution in [2.45, 2.75) is 6.92 Å². The highest BCUT2D eigenvalue weighted by atomic mass is 16.5. The molecule has 7 nitrogen and oxygen atoms in total. The summed E-state index contributed by atoms with van der Waals surface area (Å²) >= 11 is 0. The fourth-order valence-corrected chi connectivity index (χ4v) is 2.31. The number of methoxy groups -OCH3 is 1. The number of carbonyl (C=O) groups excluding carboxylic acids is 2. The number of amides is 2. The maximum absolute atomic E-state index is 12.2. The zero-order valence-electron chi connectivity index (χ0n) is 14.9. The third kappa shape index (κ3) is 6.10. The summed E-state index contributed by atoms with van der Waals surface area (Å²) in [6.07, 6.45) is 0. The van der Waals surface area contributed by atoms with E-state index in [2.05, 4.69) is 10.6 Å². The minimum atomic E-state index is -0.227. The zero-order valence-corrected chi connectivity index (χ0v) is 14.9. The molecule has 26 heavy (non-hydrogen) atoms. The van der Waals surface area contributed by atoms with Crippen LogP contribution in [-0.2, 0) is 9.59 Å². The molecule has 2 amide bonds. The molecule has 2 aromatic carbocycles. The summed E-state index contributed by atoms with van der Waals surface area (Å²) in [7, 11) is 1.58. The Hall–Kier alpha value is -3.06. The van der Waals surface area contributed by atoms with Crippen LogP contribution in [-0.4, -0.2) is 48.6 Å². The molecule has 0 aliphatic carbocycles. The van der Waals surface area contributed by atoms with Crippen molar-refractivity contribution >= 4 is 23.2 Å². The Kier molecular flexibility index (Phi) is 6.99. The van der Waals surface area contributed by atoms with Gasteiger partial charge in [0.25, 0.3) is 0 Å². The van der Waals surface area contributed by atoms with Gasteiger partial charge in [-0.1, -0.05) is 6.92 Å². The zero-order chi connectivity index (χ0) is 18.9. The molecule has 2 rings (SSSR count). The molecule has 2 aromatic rings. The van der Waals surface area contributed by atoms with Gasteiger partial charge in [-0.25, -0.2) is 0 Å². The van der Waals surface area contributed by atoms with E-state index in [1.54, 1.807) is 48.4 Å². The van der Waals surface area contributed by atoms with Crippen LogP contribution in [0.15, 0.2) is 48.5 Å². The number of anilines is 2. The minimum Gasteiger partial charge on any atom is -0.508 e. The number of rotatable bonds is 8. The quantitative estimate of drug-likeness (QED) is 0.631. The van der Waals surface area contributed by atoms with Crippen molar-refractivity contribution < 1.29 is 19.4 Å². The number of aromatic hydroxyl groups is 1. The van der Waals surface area contributed by atoms with Gasteiger partial charge >= 0.3 is 0 Å². The molecule has 7 heteroatoms. The van der Waals surface area contributed by atoms with Crippen molar-refractivity contribution in [1.29, 1.82) is 0 Å². The molecule has 138 valence electrons. The average Bonchev–Trinajstić information content (AvgIpc) is 2.63. The number of carbonyl (C=O) groups is 2. The van der Waals surface area contributed by atoms with E-state index in [1.165, 1.54) is 12.1 Å². The molecule has 0 heterocycles. The van der Waals surface area contributed by atoms with Crippen molar-refractivity contribution in [3.05, 3.63) is 48.5 Å². The number of hydrogen-bond acceptors (Lipinski definition) is 5. The van der Waals surface area contributed by atoms with Gasteiger partial charge in [0.1, 0.15) is 11.5 Å². The number of phenols is 1. The first-order valence-electron chi connectivity index (χ1n) is 8.25. The van der Waals surface area contributed by atoms with Crippen molar-refractivity contribution in [2.75, 3.05) is 37.4 Å². The number of nitrogens with zero attached hydrogens (tertiary/aromatic N) is 1. The number of phenolic OH excluding ortho intramolecular Hbond substituents is 1. The Bertz CT molecular complexity index is 729. The Balaban J connectivity index is 1.83. The Morgan fingerprint density at radius 1 is 0.923 bits per heavy atom. The van der Waals surface area contributed by atoms with Crippen molar-refractivity contribution in [3.8, 4) is 11.5 Å². The summed E-state index contributed by atoms with van der Waals surface area (Å²) in [5.41, 5.74) is 1.26. The summed E-state index contributed by atoms with van der Waals surface area (Å²) in [6, 6.07) is 13.2. The predicted molar refractivity (Wildman–Crippen MR) is 100 cm³/mol. The van der Waals surface area contributed by atoms with Gasteiger partial charge in [0.15, 0.2) is 0 Å². The summed E-state index contributed by atoms with van der Waals surface area (Å²) in [6.45, 7) is 2.63. The lowest BCUT2D eigenvalue weighted by Gasteiger charge is -2.19. The van der Waals surface area contributed by atoms with Gasteiger partial charge in [-0.2, -0.15) is 0 Å². The van der Waals surface area contributed by atoms with E-state index in [4.69, 9.17) is 4.74 Å². The van der Waals surface area contributed by atoms with E-state index < -0.39 is 0 Å². The van der Waals surface area contributed by atoms with Crippen molar-refractivity contribution in [2.24, 2.45) is 0 Å². The molecule has 0 aliphatic heterocycles. The maximum atomic E-state index is 12.2. The molecular weight excluding hydrogens is 334 g/mol. The second-order valence-corrected chi connectivity index (χ2v) is 5.68. The Labute approximate surface area is 152 Å². The molecule has 0 radical (unpaired) electrons. The van der Waals surface area contributed by atoms with E-state index in [0.717, 1.165) is 0 Å². The van der Waals surface area contributed by atoms with E-state index >= 15 is 0 Å². The fourth-order valence-electron chi connectivity index (χ4n) is 2.31. The van der Waals surface area contributed by atoms with Crippen LogP contribution in [0.5, 0.6) is 11.5 Å². The lowest BCUT2D eigenvalue weighted by atomic mass is 10.3. The van der Waals surface area contributed by atoms with Crippen LogP contribution >= 0.6 is 0 Å². The van der Waals surface area contributed by atoms with Crippen molar-refractivity contribution in [1.82, 2.24) is 4.90 Å². The number of hydrogen-bond donors (Lipinski definition) is 3. The molecule has 0 saturated heterocycles. The summed E-state index contributed by atoms with van der Waals surface area (Å²) in [5, 5.41) is 14.8. The smallest absolute Gasteiger partial charge is 0.238 e. The van der Waals surface area contributed by atoms with Crippen LogP contribution in [0.2, 0.25) is 0 Å². The van der Waals surface area contributed by atoms with Crippen LogP contribution in [0.1, 0.15) is 6.92 Å². The molecule has 0 fully saturated rings. The van der Waals surface area contributed by atoms with Gasteiger partial charge in [0, 0.05) is 11.4 Å². The van der Waals surface area contributed by atoms with Gasteiger partial charge in [-0.15, -0.1) is 0 Å². The molecule has 0 aromatic heterocycles. The molecule has 0 atom stereocenters. The van der Waals surface area contributed by atoms with Gasteiger partial charge < -0.3 is 20.5 Å². The van der Waals surface area contributed by atoms with E-state index in [9.17, 15) is 14.7 Å². The van der Waals surface area contributed by atoms with Crippen LogP contribution < -0.4 is 15.4 Å². The lowest BCUT2D eigenvalue weighted by Crippen LogP contribution is -2.38. The molecular formula is C19H23N3O4. The first kappa shape index (κ1) is 19.3. The molecule has 0 bridgehead atoms. The molecule has 0 unspecified atom stereocenters. The molecule has 0 spiro atoms. The van der Waals surface area contributed by atoms with E-state index in [-0.39, 0.29) is 30.7 Å². The summed E-state index contributed by atoms with van der Waals surface area (Å²) < 4.78 is 5.08. The molecule has 0 saturated carbocycles. The van der Waals surface area contributed by atoms with Crippen molar-refractivity contribution in [3.63, 3.8) is 0 Å². The number of nitrogens with one attached hydrogen (secondary N) is 2. The number of ether oxygens (including phenoxy) is 1. The highest BCUT2D eigenvalue weighted by molar-refractivity contribution is 5.94. The summed E-state index contributed by atoms with van der Waals surface area (Å²) in [5.74, 6) is 0.418. The third-order valence-corrected chi connectivity index (χ3v) is 3.71. The largest absolute Gasteiger partial charge is 0.508 e. The monoisotopic (exact) mass is 357 g/mol. The average molecular weight is 357 g/mol. The Morgan fingerprint density at radius 2 is 1.38 bits per heavy atom. The number of benzene rings is 2. The molecule has 0 aliphatic rings. The van der Waals surface area contributed by atoms with Gasteiger partial charge in [0.05, 0.1) is 20.2 Å². The van der Waals surface area contributed by atoms with Crippen LogP contribution in [0.3, 0.4) is 0 Å². The Morgan fingerprint density at radius 3 is 1.81 bits per heavy atom. The second kappa shape index (κ2) is 9.43. The maximum Gasteiger partial charge on any atom is 0.238 e. The minimum absolute atomic E-state index is 0.0907. The standard InChI is InChI=1S/C19H23N3O4/c1-3-22(12-18(24)20-14-4-8-16(23)9-5-14)13-19(25)21-15-6-10-17(26-2)11-7-15/h4-11,23H,3,12-13H2,1-2H3,(H,20,24)(H,21,25). The van der Waals surface area contributed by atoms with Gasteiger partial charge in [0.2, 0.25) is 11.8 Å². The van der Waals surface area contributed by atoms with Gasteiger partial charge in [-0.3, -0.25) is 14.5 Å². The number of likely N-dealkylation sites (N-methyl/N-ethyl adjacent to an activating group) is 1. The second-order valence-electron chi connectivity index (χ2n) is 5.68. The van der Waals surface area contributed by atoms with Gasteiger partial charge in [-0.05, 0) is 55.1 Å². The fraction of sp³-hybridized carbons (Fsp3) is 0.263. The van der Waals surface area contributed by atoms with E-state index in [0.29, 0.717) is 23.7 Å². The van der Waals surface area contributed by atoms with E-state index in [1.807, 2.05) is 6.92 Å².